The van der Waals surface area contributed by atoms with Crippen molar-refractivity contribution in [3.8, 4) is 0 Å². The number of nitrogens with zero attached hydrogens (tertiary/aromatic N) is 1. The van der Waals surface area contributed by atoms with Crippen molar-refractivity contribution < 1.29 is 9.72 Å². The Morgan fingerprint density at radius 2 is 2.20 bits per heavy atom. The Balaban J connectivity index is 3.02. The average Bonchev–Trinajstić information content (AvgIpc) is 2.39. The summed E-state index contributed by atoms with van der Waals surface area (Å²) < 4.78 is 0. The summed E-state index contributed by atoms with van der Waals surface area (Å²) in [6.45, 7) is 4.44. The molecule has 1 rings (SSSR count). The largest absolute Gasteiger partial charge is 0.385 e. The quantitative estimate of drug-likeness (QED) is 0.596. The highest BCUT2D eigenvalue weighted by Crippen LogP contribution is 2.22. The van der Waals surface area contributed by atoms with Crippen LogP contribution in [0.5, 0.6) is 0 Å². The van der Waals surface area contributed by atoms with Gasteiger partial charge in [-0.15, -0.1) is 0 Å². The van der Waals surface area contributed by atoms with Crippen LogP contribution in [0, 0.1) is 10.1 Å². The molecular formula is C13H19N3O3S. The first-order valence-corrected chi connectivity index (χ1v) is 7.71. The number of hydrogen-bond donors (Lipinski definition) is 2. The Morgan fingerprint density at radius 3 is 2.75 bits per heavy atom. The SMILES string of the molecule is CCNc1ccc([N+](=O)[O-])cc1C(=O)NC(C)CSC. The van der Waals surface area contributed by atoms with Gasteiger partial charge in [0.1, 0.15) is 0 Å². The van der Waals surface area contributed by atoms with Crippen molar-refractivity contribution in [3.05, 3.63) is 33.9 Å². The molecule has 110 valence electrons. The van der Waals surface area contributed by atoms with Crippen LogP contribution in [0.1, 0.15) is 24.2 Å². The van der Waals surface area contributed by atoms with Gasteiger partial charge in [0.2, 0.25) is 0 Å². The predicted octanol–water partition coefficient (Wildman–Crippen LogP) is 2.51. The molecule has 20 heavy (non-hydrogen) atoms. The molecule has 0 spiro atoms. The summed E-state index contributed by atoms with van der Waals surface area (Å²) in [5, 5.41) is 16.7. The van der Waals surface area contributed by atoms with E-state index in [1.165, 1.54) is 12.1 Å². The smallest absolute Gasteiger partial charge is 0.270 e. The van der Waals surface area contributed by atoms with Crippen molar-refractivity contribution >= 4 is 29.0 Å². The lowest BCUT2D eigenvalue weighted by Gasteiger charge is -2.15. The van der Waals surface area contributed by atoms with Crippen LogP contribution < -0.4 is 10.6 Å². The maximum absolute atomic E-state index is 12.2. The molecule has 1 aromatic rings. The summed E-state index contributed by atoms with van der Waals surface area (Å²) >= 11 is 1.63. The topological polar surface area (TPSA) is 84.3 Å². The van der Waals surface area contributed by atoms with Crippen molar-refractivity contribution in [1.82, 2.24) is 5.32 Å². The van der Waals surface area contributed by atoms with Gasteiger partial charge in [-0.2, -0.15) is 11.8 Å². The van der Waals surface area contributed by atoms with E-state index in [9.17, 15) is 14.9 Å². The molecule has 0 saturated heterocycles. The summed E-state index contributed by atoms with van der Waals surface area (Å²) in [5.74, 6) is 0.489. The van der Waals surface area contributed by atoms with Gasteiger partial charge >= 0.3 is 0 Å². The van der Waals surface area contributed by atoms with Gasteiger partial charge in [-0.3, -0.25) is 14.9 Å². The molecule has 0 heterocycles. The normalized spacial score (nSPS) is 11.8. The highest BCUT2D eigenvalue weighted by Gasteiger charge is 2.17. The number of nitrogens with one attached hydrogen (secondary N) is 2. The number of hydrogen-bond acceptors (Lipinski definition) is 5. The van der Waals surface area contributed by atoms with Gasteiger partial charge in [-0.25, -0.2) is 0 Å². The Kier molecular flexibility index (Phi) is 6.30. The zero-order chi connectivity index (χ0) is 15.1. The lowest BCUT2D eigenvalue weighted by molar-refractivity contribution is -0.384. The predicted molar refractivity (Wildman–Crippen MR) is 82.6 cm³/mol. The zero-order valence-electron chi connectivity index (χ0n) is 11.8. The summed E-state index contributed by atoms with van der Waals surface area (Å²) in [4.78, 5) is 22.5. The second kappa shape index (κ2) is 7.74. The number of benzene rings is 1. The molecule has 7 heteroatoms. The minimum Gasteiger partial charge on any atom is -0.385 e. The summed E-state index contributed by atoms with van der Waals surface area (Å²) in [6, 6.07) is 4.26. The monoisotopic (exact) mass is 297 g/mol. The van der Waals surface area contributed by atoms with Gasteiger partial charge in [0.15, 0.2) is 0 Å². The molecular weight excluding hydrogens is 278 g/mol. The Hall–Kier alpha value is -1.76. The summed E-state index contributed by atoms with van der Waals surface area (Å²) in [5.41, 5.74) is 0.815. The first kappa shape index (κ1) is 16.3. The van der Waals surface area contributed by atoms with E-state index in [1.807, 2.05) is 20.1 Å². The van der Waals surface area contributed by atoms with E-state index in [0.29, 0.717) is 17.8 Å². The van der Waals surface area contributed by atoms with Crippen LogP contribution >= 0.6 is 11.8 Å². The maximum atomic E-state index is 12.2. The van der Waals surface area contributed by atoms with E-state index in [1.54, 1.807) is 17.8 Å². The molecule has 0 radical (unpaired) electrons. The van der Waals surface area contributed by atoms with Crippen LogP contribution in [0.4, 0.5) is 11.4 Å². The number of anilines is 1. The van der Waals surface area contributed by atoms with Crippen LogP contribution in [0.25, 0.3) is 0 Å². The molecule has 1 amide bonds. The molecule has 6 nitrogen and oxygen atoms in total. The van der Waals surface area contributed by atoms with E-state index in [0.717, 1.165) is 5.75 Å². The van der Waals surface area contributed by atoms with E-state index in [-0.39, 0.29) is 17.6 Å². The molecule has 0 aromatic heterocycles. The third kappa shape index (κ3) is 4.41. The van der Waals surface area contributed by atoms with Crippen molar-refractivity contribution in [1.29, 1.82) is 0 Å². The van der Waals surface area contributed by atoms with Gasteiger partial charge < -0.3 is 10.6 Å². The molecule has 0 bridgehead atoms. The fourth-order valence-corrected chi connectivity index (χ4v) is 2.35. The molecule has 1 atom stereocenters. The van der Waals surface area contributed by atoms with E-state index >= 15 is 0 Å². The molecule has 0 aliphatic rings. The second-order valence-electron chi connectivity index (χ2n) is 4.35. The van der Waals surface area contributed by atoms with Crippen LogP contribution in [-0.2, 0) is 0 Å². The minimum atomic E-state index is -0.502. The molecule has 1 aromatic carbocycles. The van der Waals surface area contributed by atoms with Gasteiger partial charge in [0, 0.05) is 36.2 Å². The molecule has 2 N–H and O–H groups in total. The average molecular weight is 297 g/mol. The van der Waals surface area contributed by atoms with Crippen molar-refractivity contribution in [2.24, 2.45) is 0 Å². The standard InChI is InChI=1S/C13H19N3O3S/c1-4-14-12-6-5-10(16(18)19)7-11(12)13(17)15-9(2)8-20-3/h5-7,9,14H,4,8H2,1-3H3,(H,15,17). The maximum Gasteiger partial charge on any atom is 0.270 e. The van der Waals surface area contributed by atoms with Crippen LogP contribution in [0.15, 0.2) is 18.2 Å². The van der Waals surface area contributed by atoms with Gasteiger partial charge in [-0.05, 0) is 26.2 Å². The Labute approximate surface area is 122 Å². The van der Waals surface area contributed by atoms with Gasteiger partial charge in [0.05, 0.1) is 10.5 Å². The number of carbonyl (C=O) groups is 1. The highest BCUT2D eigenvalue weighted by molar-refractivity contribution is 7.98. The summed E-state index contributed by atoms with van der Waals surface area (Å²) in [6.07, 6.45) is 1.96. The number of amides is 1. The Bertz CT molecular complexity index is 494. The Morgan fingerprint density at radius 1 is 1.50 bits per heavy atom. The number of thioether (sulfide) groups is 1. The minimum absolute atomic E-state index is 0.00578. The van der Waals surface area contributed by atoms with Crippen LogP contribution in [-0.4, -0.2) is 35.4 Å². The van der Waals surface area contributed by atoms with E-state index < -0.39 is 4.92 Å². The molecule has 0 saturated carbocycles. The number of nitro benzene ring substituents is 1. The van der Waals surface area contributed by atoms with Gasteiger partial charge in [0.25, 0.3) is 11.6 Å². The first-order valence-electron chi connectivity index (χ1n) is 6.31. The van der Waals surface area contributed by atoms with Crippen LogP contribution in [0.3, 0.4) is 0 Å². The molecule has 0 aliphatic heterocycles. The fraction of sp³-hybridized carbons (Fsp3) is 0.462. The van der Waals surface area contributed by atoms with Crippen LogP contribution in [0.2, 0.25) is 0 Å². The fourth-order valence-electron chi connectivity index (χ4n) is 1.77. The highest BCUT2D eigenvalue weighted by atomic mass is 32.2. The van der Waals surface area contributed by atoms with Crippen molar-refractivity contribution in [3.63, 3.8) is 0 Å². The van der Waals surface area contributed by atoms with E-state index in [2.05, 4.69) is 10.6 Å². The molecule has 0 aliphatic carbocycles. The number of rotatable bonds is 7. The summed E-state index contributed by atoms with van der Waals surface area (Å²) in [7, 11) is 0. The third-order valence-electron chi connectivity index (χ3n) is 2.62. The number of carbonyl (C=O) groups excluding carboxylic acids is 1. The van der Waals surface area contributed by atoms with Gasteiger partial charge in [-0.1, -0.05) is 0 Å². The lowest BCUT2D eigenvalue weighted by atomic mass is 10.1. The first-order chi connectivity index (χ1) is 9.49. The lowest BCUT2D eigenvalue weighted by Crippen LogP contribution is -2.34. The molecule has 0 fully saturated rings. The third-order valence-corrected chi connectivity index (χ3v) is 3.45. The number of nitro groups is 1. The number of non-ortho nitro benzene ring substituents is 1. The van der Waals surface area contributed by atoms with Crippen molar-refractivity contribution in [2.45, 2.75) is 19.9 Å². The van der Waals surface area contributed by atoms with Crippen molar-refractivity contribution in [2.75, 3.05) is 23.9 Å². The second-order valence-corrected chi connectivity index (χ2v) is 5.26. The van der Waals surface area contributed by atoms with E-state index in [4.69, 9.17) is 0 Å². The molecule has 1 unspecified atom stereocenters. The zero-order valence-corrected chi connectivity index (χ0v) is 12.6.